The average molecular weight is 555 g/mol. The Morgan fingerprint density at radius 3 is 1.95 bits per heavy atom. The first-order chi connectivity index (χ1) is 18.8. The van der Waals surface area contributed by atoms with Gasteiger partial charge in [0.2, 0.25) is 0 Å². The number of hydrogen-bond acceptors (Lipinski definition) is 3. The monoisotopic (exact) mass is 554 g/mol. The number of aromatic nitrogens is 4. The second kappa shape index (κ2) is 16.2. The topological polar surface area (TPSA) is 63.1 Å². The van der Waals surface area contributed by atoms with Crippen molar-refractivity contribution < 1.29 is 4.79 Å². The van der Waals surface area contributed by atoms with E-state index < -0.39 is 0 Å². The molecule has 0 bridgehead atoms. The fourth-order valence-corrected chi connectivity index (χ4v) is 5.69. The lowest BCUT2D eigenvalue weighted by atomic mass is 9.92. The van der Waals surface area contributed by atoms with E-state index in [0.29, 0.717) is 35.1 Å². The van der Waals surface area contributed by atoms with Gasteiger partial charge in [0.1, 0.15) is 10.8 Å². The molecule has 0 atom stereocenters. The molecule has 0 spiro atoms. The summed E-state index contributed by atoms with van der Waals surface area (Å²) in [5, 5.41) is 9.79. The van der Waals surface area contributed by atoms with Gasteiger partial charge in [-0.25, -0.2) is 0 Å². The van der Waals surface area contributed by atoms with Crippen molar-refractivity contribution >= 4 is 23.0 Å². The van der Waals surface area contributed by atoms with Gasteiger partial charge in [0, 0.05) is 23.8 Å². The lowest BCUT2D eigenvalue weighted by molar-refractivity contribution is -0.118. The molecule has 0 saturated heterocycles. The van der Waals surface area contributed by atoms with E-state index in [1.807, 2.05) is 24.3 Å². The van der Waals surface area contributed by atoms with Crippen molar-refractivity contribution in [3.8, 4) is 11.4 Å². The summed E-state index contributed by atoms with van der Waals surface area (Å²) in [6.07, 6.45) is 21.2. The standard InChI is InChI=1S/C33H51ClN4O/c1-5-6-7-8-9-10-11-12-13-14-15-16-17-18-19-23-28(39)25-26-21-20-22-27(24-26)31-35-32-29(34)30(33(2,3)4)36-38(32)37-31/h20-22,24H,5-19,23,25H2,1-4H3,(H,35,37). The molecule has 0 aliphatic heterocycles. The number of halogens is 1. The summed E-state index contributed by atoms with van der Waals surface area (Å²) in [5.74, 6) is 1.02. The first-order valence-electron chi connectivity index (χ1n) is 15.6. The van der Waals surface area contributed by atoms with Crippen LogP contribution in [0.5, 0.6) is 0 Å². The van der Waals surface area contributed by atoms with E-state index in [-0.39, 0.29) is 5.41 Å². The summed E-state index contributed by atoms with van der Waals surface area (Å²) < 4.78 is 1.58. The van der Waals surface area contributed by atoms with Crippen LogP contribution < -0.4 is 0 Å². The van der Waals surface area contributed by atoms with E-state index in [0.717, 1.165) is 29.7 Å². The molecule has 216 valence electrons. The van der Waals surface area contributed by atoms with Crippen LogP contribution in [0.1, 0.15) is 142 Å². The second-order valence-electron chi connectivity index (χ2n) is 12.3. The third-order valence-electron chi connectivity index (χ3n) is 7.61. The number of fused-ring (bicyclic) bond motifs is 1. The smallest absolute Gasteiger partial charge is 0.175 e. The van der Waals surface area contributed by atoms with Crippen molar-refractivity contribution in [2.24, 2.45) is 0 Å². The Bertz CT molecular complexity index is 1140. The van der Waals surface area contributed by atoms with Gasteiger partial charge in [-0.2, -0.15) is 5.10 Å². The number of aromatic amines is 1. The maximum atomic E-state index is 12.6. The minimum Gasteiger partial charge on any atom is -0.320 e. The maximum absolute atomic E-state index is 12.6. The molecule has 0 amide bonds. The zero-order valence-corrected chi connectivity index (χ0v) is 25.7. The molecular formula is C33H51ClN4O. The van der Waals surface area contributed by atoms with Gasteiger partial charge in [0.25, 0.3) is 0 Å². The van der Waals surface area contributed by atoms with Crippen molar-refractivity contribution in [2.75, 3.05) is 0 Å². The second-order valence-corrected chi connectivity index (χ2v) is 12.7. The van der Waals surface area contributed by atoms with Crippen LogP contribution in [0.15, 0.2) is 24.3 Å². The molecule has 0 radical (unpaired) electrons. The highest BCUT2D eigenvalue weighted by Gasteiger charge is 2.25. The maximum Gasteiger partial charge on any atom is 0.175 e. The number of unbranched alkanes of at least 4 members (excludes halogenated alkanes) is 14. The van der Waals surface area contributed by atoms with Crippen LogP contribution in [-0.2, 0) is 16.6 Å². The zero-order chi connectivity index (χ0) is 28.1. The highest BCUT2D eigenvalue weighted by molar-refractivity contribution is 6.34. The lowest BCUT2D eigenvalue weighted by Gasteiger charge is -2.14. The molecule has 0 saturated carbocycles. The molecule has 2 aromatic heterocycles. The van der Waals surface area contributed by atoms with E-state index >= 15 is 0 Å². The van der Waals surface area contributed by atoms with Crippen LogP contribution in [-0.4, -0.2) is 25.6 Å². The summed E-state index contributed by atoms with van der Waals surface area (Å²) in [6.45, 7) is 8.53. The number of Topliss-reactive ketones (excluding diaryl/α,β-unsaturated/α-hetero) is 1. The van der Waals surface area contributed by atoms with Crippen LogP contribution in [0.2, 0.25) is 5.02 Å². The quantitative estimate of drug-likeness (QED) is 0.150. The minimum absolute atomic E-state index is 0.154. The van der Waals surface area contributed by atoms with Gasteiger partial charge in [-0.05, 0) is 18.1 Å². The normalized spacial score (nSPS) is 12.0. The molecule has 39 heavy (non-hydrogen) atoms. The van der Waals surface area contributed by atoms with E-state index in [1.165, 1.54) is 83.5 Å². The molecular weight excluding hydrogens is 504 g/mol. The summed E-state index contributed by atoms with van der Waals surface area (Å²) >= 11 is 6.58. The molecule has 1 N–H and O–H groups in total. The highest BCUT2D eigenvalue weighted by Crippen LogP contribution is 2.32. The van der Waals surface area contributed by atoms with Crippen molar-refractivity contribution in [1.82, 2.24) is 19.8 Å². The molecule has 3 rings (SSSR count). The summed E-state index contributed by atoms with van der Waals surface area (Å²) in [4.78, 5) is 15.9. The molecule has 0 unspecified atom stereocenters. The Hall–Kier alpha value is -2.14. The first-order valence-corrected chi connectivity index (χ1v) is 15.9. The largest absolute Gasteiger partial charge is 0.320 e. The van der Waals surface area contributed by atoms with Gasteiger partial charge < -0.3 is 4.98 Å². The molecule has 2 heterocycles. The molecule has 0 aliphatic carbocycles. The van der Waals surface area contributed by atoms with Crippen LogP contribution in [0.25, 0.3) is 17.0 Å². The Morgan fingerprint density at radius 2 is 1.41 bits per heavy atom. The van der Waals surface area contributed by atoms with Crippen molar-refractivity contribution in [3.05, 3.63) is 40.5 Å². The number of nitrogens with zero attached hydrogens (tertiary/aromatic N) is 3. The first kappa shape index (κ1) is 31.4. The number of hydrogen-bond donors (Lipinski definition) is 1. The van der Waals surface area contributed by atoms with Gasteiger partial charge in [0.15, 0.2) is 11.5 Å². The van der Waals surface area contributed by atoms with Crippen molar-refractivity contribution in [3.63, 3.8) is 0 Å². The molecule has 0 aliphatic rings. The Labute approximate surface area is 241 Å². The predicted octanol–water partition coefficient (Wildman–Crippen LogP) is 10.0. The minimum atomic E-state index is -0.154. The van der Waals surface area contributed by atoms with Gasteiger partial charge in [-0.15, -0.1) is 9.73 Å². The molecule has 6 heteroatoms. The zero-order valence-electron chi connectivity index (χ0n) is 25.0. The number of carbonyl (C=O) groups excluding carboxylic acids is 1. The lowest BCUT2D eigenvalue weighted by Crippen LogP contribution is -2.13. The van der Waals surface area contributed by atoms with Gasteiger partial charge in [0.05, 0.1) is 5.69 Å². The van der Waals surface area contributed by atoms with Crippen molar-refractivity contribution in [1.29, 1.82) is 0 Å². The molecule has 0 fully saturated rings. The summed E-state index contributed by atoms with van der Waals surface area (Å²) in [5.41, 5.74) is 3.33. The highest BCUT2D eigenvalue weighted by atomic mass is 35.5. The van der Waals surface area contributed by atoms with Gasteiger partial charge in [-0.1, -0.05) is 147 Å². The third-order valence-corrected chi connectivity index (χ3v) is 7.97. The fraction of sp³-hybridized carbons (Fsp3) is 0.667. The van der Waals surface area contributed by atoms with E-state index in [4.69, 9.17) is 11.6 Å². The predicted molar refractivity (Wildman–Crippen MR) is 165 cm³/mol. The van der Waals surface area contributed by atoms with Crippen LogP contribution in [0.4, 0.5) is 0 Å². The SMILES string of the molecule is CCCCCCCCCCCCCCCCCC(=O)Cc1cccc(-c2nn3nc(C(C)(C)C)c(Cl)c3[nH]2)c1. The third kappa shape index (κ3) is 10.4. The van der Waals surface area contributed by atoms with Gasteiger partial charge in [-0.3, -0.25) is 4.79 Å². The molecule has 1 aromatic carbocycles. The number of carbonyl (C=O) groups is 1. The van der Waals surface area contributed by atoms with Crippen LogP contribution >= 0.6 is 11.6 Å². The van der Waals surface area contributed by atoms with Crippen LogP contribution in [0, 0.1) is 0 Å². The summed E-state index contributed by atoms with van der Waals surface area (Å²) in [7, 11) is 0. The Kier molecular flexibility index (Phi) is 13.0. The van der Waals surface area contributed by atoms with E-state index in [9.17, 15) is 4.79 Å². The summed E-state index contributed by atoms with van der Waals surface area (Å²) in [6, 6.07) is 8.05. The van der Waals surface area contributed by atoms with E-state index in [2.05, 4.69) is 42.9 Å². The number of nitrogens with one attached hydrogen (secondary N) is 1. The number of rotatable bonds is 19. The van der Waals surface area contributed by atoms with Gasteiger partial charge >= 0.3 is 0 Å². The van der Waals surface area contributed by atoms with Crippen molar-refractivity contribution in [2.45, 2.75) is 142 Å². The Balaban J connectivity index is 1.29. The molecule has 3 aromatic rings. The number of benzene rings is 1. The fourth-order valence-electron chi connectivity index (χ4n) is 5.24. The average Bonchev–Trinajstić information content (AvgIpc) is 3.46. The molecule has 5 nitrogen and oxygen atoms in total. The Morgan fingerprint density at radius 1 is 0.846 bits per heavy atom. The number of H-pyrrole nitrogens is 1. The number of ketones is 1. The van der Waals surface area contributed by atoms with E-state index in [1.54, 1.807) is 4.63 Å². The van der Waals surface area contributed by atoms with Crippen LogP contribution in [0.3, 0.4) is 0 Å².